The Kier molecular flexibility index (Phi) is 7.88. The van der Waals surface area contributed by atoms with Crippen molar-refractivity contribution in [3.63, 3.8) is 0 Å². The maximum atomic E-state index is 12.1. The van der Waals surface area contributed by atoms with E-state index in [0.29, 0.717) is 22.2 Å². The third kappa shape index (κ3) is 5.27. The molecular formula is C33H46ClN7O2. The minimum absolute atomic E-state index is 0.0130. The first kappa shape index (κ1) is 30.2. The minimum Gasteiger partial charge on any atom is -0.398 e. The number of hydrogen-bond acceptors (Lipinski definition) is 7. The maximum Gasteiger partial charge on any atom is 0.245 e. The Hall–Kier alpha value is -2.88. The summed E-state index contributed by atoms with van der Waals surface area (Å²) in [5.74, 6) is 1.55. The predicted octanol–water partition coefficient (Wildman–Crippen LogP) is 5.08. The van der Waals surface area contributed by atoms with Crippen LogP contribution in [0.5, 0.6) is 0 Å². The van der Waals surface area contributed by atoms with Crippen molar-refractivity contribution in [3.05, 3.63) is 40.6 Å². The molecule has 2 aromatic rings. The van der Waals surface area contributed by atoms with Crippen LogP contribution in [-0.2, 0) is 9.53 Å². The number of nitrogens with one attached hydrogen (secondary N) is 1. The number of rotatable bonds is 7. The van der Waals surface area contributed by atoms with Crippen LogP contribution in [0.3, 0.4) is 0 Å². The smallest absolute Gasteiger partial charge is 0.245 e. The summed E-state index contributed by atoms with van der Waals surface area (Å²) < 4.78 is 7.78. The zero-order chi connectivity index (χ0) is 30.7. The Bertz CT molecular complexity index is 1430. The van der Waals surface area contributed by atoms with Gasteiger partial charge in [0.2, 0.25) is 5.91 Å². The van der Waals surface area contributed by atoms with Crippen LogP contribution in [0.25, 0.3) is 11.1 Å². The summed E-state index contributed by atoms with van der Waals surface area (Å²) in [6.07, 6.45) is 6.86. The van der Waals surface area contributed by atoms with E-state index in [1.807, 2.05) is 17.9 Å². The molecule has 1 saturated carbocycles. The number of piperidine rings is 1. The monoisotopic (exact) mass is 607 g/mol. The standard InChI is InChI=1S/C33H46ClN7O2/c1-6-27(42)39-19-33(20-39)15-24(16-33)41-22(3)28(29-25(17-35)26(36)13-21(2)30(29)34)31(37-41)40-8-7-23(14-32(40,4)5)18-38-9-11-43-12-10-38/h6,13,17,23-24,35H,1,7-12,14-16,18-20,36H2,2-5H3. The molecule has 4 aliphatic rings. The number of nitrogens with two attached hydrogens (primary N) is 1. The molecule has 3 N–H and O–H groups in total. The zero-order valence-electron chi connectivity index (χ0n) is 26.1. The van der Waals surface area contributed by atoms with E-state index in [9.17, 15) is 4.79 Å². The van der Waals surface area contributed by atoms with E-state index < -0.39 is 0 Å². The molecule has 0 radical (unpaired) electrons. The number of aryl methyl sites for hydroxylation is 1. The highest BCUT2D eigenvalue weighted by molar-refractivity contribution is 6.35. The van der Waals surface area contributed by atoms with Gasteiger partial charge in [-0.3, -0.25) is 14.4 Å². The van der Waals surface area contributed by atoms with Crippen LogP contribution in [0.4, 0.5) is 11.5 Å². The van der Waals surface area contributed by atoms with E-state index in [-0.39, 0.29) is 22.9 Å². The van der Waals surface area contributed by atoms with Gasteiger partial charge < -0.3 is 25.7 Å². The highest BCUT2D eigenvalue weighted by Crippen LogP contribution is 2.56. The number of benzene rings is 1. The molecule has 4 heterocycles. The Labute approximate surface area is 260 Å². The number of carbonyl (C=O) groups excluding carboxylic acids is 1. The lowest BCUT2D eigenvalue weighted by Gasteiger charge is -2.58. The summed E-state index contributed by atoms with van der Waals surface area (Å²) in [7, 11) is 0. The number of ether oxygens (including phenoxy) is 1. The number of aromatic nitrogens is 2. The average Bonchev–Trinajstić information content (AvgIpc) is 3.24. The number of morpholine rings is 1. The summed E-state index contributed by atoms with van der Waals surface area (Å²) >= 11 is 7.07. The summed E-state index contributed by atoms with van der Waals surface area (Å²) in [5, 5.41) is 14.3. The zero-order valence-corrected chi connectivity index (χ0v) is 26.8. The first-order chi connectivity index (χ1) is 20.5. The molecule has 10 heteroatoms. The van der Waals surface area contributed by atoms with Gasteiger partial charge in [0.1, 0.15) is 0 Å². The molecule has 1 atom stereocenters. The van der Waals surface area contributed by atoms with Crippen molar-refractivity contribution in [3.8, 4) is 11.1 Å². The van der Waals surface area contributed by atoms with Gasteiger partial charge >= 0.3 is 0 Å². The Morgan fingerprint density at radius 3 is 2.51 bits per heavy atom. The second-order valence-corrected chi connectivity index (χ2v) is 14.3. The first-order valence-corrected chi connectivity index (χ1v) is 16.0. The van der Waals surface area contributed by atoms with Crippen LogP contribution < -0.4 is 10.6 Å². The first-order valence-electron chi connectivity index (χ1n) is 15.6. The quantitative estimate of drug-likeness (QED) is 0.259. The molecule has 232 valence electrons. The fourth-order valence-corrected chi connectivity index (χ4v) is 8.48. The van der Waals surface area contributed by atoms with E-state index in [1.165, 1.54) is 12.3 Å². The van der Waals surface area contributed by atoms with Crippen LogP contribution in [0.15, 0.2) is 18.7 Å². The van der Waals surface area contributed by atoms with Crippen LogP contribution >= 0.6 is 11.6 Å². The second kappa shape index (κ2) is 11.2. The van der Waals surface area contributed by atoms with Crippen molar-refractivity contribution in [1.82, 2.24) is 19.6 Å². The van der Waals surface area contributed by atoms with Crippen molar-refractivity contribution in [2.75, 3.05) is 63.1 Å². The number of nitrogens with zero attached hydrogens (tertiary/aromatic N) is 5. The van der Waals surface area contributed by atoms with Crippen LogP contribution in [0.1, 0.15) is 62.4 Å². The van der Waals surface area contributed by atoms with Crippen LogP contribution in [-0.4, -0.2) is 89.7 Å². The number of hydrogen-bond donors (Lipinski definition) is 2. The van der Waals surface area contributed by atoms with Gasteiger partial charge in [0.05, 0.1) is 24.3 Å². The topological polar surface area (TPSA) is 104 Å². The number of carbonyl (C=O) groups is 1. The number of halogens is 1. The molecule has 1 unspecified atom stereocenters. The highest BCUT2D eigenvalue weighted by Gasteiger charge is 2.54. The second-order valence-electron chi connectivity index (χ2n) is 14.0. The van der Waals surface area contributed by atoms with Gasteiger partial charge in [-0.05, 0) is 77.0 Å². The molecule has 1 amide bonds. The molecule has 1 spiro atoms. The molecule has 6 rings (SSSR count). The molecule has 1 aliphatic carbocycles. The van der Waals surface area contributed by atoms with Crippen molar-refractivity contribution in [2.24, 2.45) is 11.3 Å². The van der Waals surface area contributed by atoms with Gasteiger partial charge in [0, 0.05) is 84.5 Å². The number of amides is 1. The summed E-state index contributed by atoms with van der Waals surface area (Å²) in [6, 6.07) is 2.11. The Morgan fingerprint density at radius 2 is 1.88 bits per heavy atom. The van der Waals surface area contributed by atoms with Gasteiger partial charge in [-0.25, -0.2) is 0 Å². The third-order valence-electron chi connectivity index (χ3n) is 10.4. The van der Waals surface area contributed by atoms with Crippen molar-refractivity contribution in [2.45, 2.75) is 65.0 Å². The fourth-order valence-electron chi connectivity index (χ4n) is 8.22. The lowest BCUT2D eigenvalue weighted by molar-refractivity contribution is -0.149. The Balaban J connectivity index is 1.35. The normalized spacial score (nSPS) is 23.6. The molecule has 0 bridgehead atoms. The third-order valence-corrected chi connectivity index (χ3v) is 10.9. The van der Waals surface area contributed by atoms with E-state index in [0.717, 1.165) is 106 Å². The van der Waals surface area contributed by atoms with Gasteiger partial charge in [0.15, 0.2) is 5.82 Å². The molecule has 3 saturated heterocycles. The molecule has 3 aliphatic heterocycles. The minimum atomic E-state index is -0.122. The van der Waals surface area contributed by atoms with E-state index in [4.69, 9.17) is 32.6 Å². The molecule has 9 nitrogen and oxygen atoms in total. The summed E-state index contributed by atoms with van der Waals surface area (Å²) in [5.41, 5.74) is 11.5. The number of likely N-dealkylation sites (tertiary alicyclic amines) is 1. The lowest BCUT2D eigenvalue weighted by Crippen LogP contribution is -2.63. The van der Waals surface area contributed by atoms with Crippen molar-refractivity contribution >= 4 is 35.2 Å². The largest absolute Gasteiger partial charge is 0.398 e. The van der Waals surface area contributed by atoms with Crippen LogP contribution in [0, 0.1) is 30.6 Å². The lowest BCUT2D eigenvalue weighted by atomic mass is 9.60. The fraction of sp³-hybridized carbons (Fsp3) is 0.606. The number of nitrogen functional groups attached to an aromatic ring is 1. The molecule has 43 heavy (non-hydrogen) atoms. The summed E-state index contributed by atoms with van der Waals surface area (Å²) in [4.78, 5) is 19.0. The van der Waals surface area contributed by atoms with Crippen LogP contribution in [0.2, 0.25) is 5.02 Å². The van der Waals surface area contributed by atoms with Crippen molar-refractivity contribution in [1.29, 1.82) is 5.41 Å². The SMILES string of the molecule is C=CC(=O)N1CC2(CC(n3nc(N4CCC(CN5CCOCC5)CC4(C)C)c(-c4c(Cl)c(C)cc(N)c4C=N)c3C)C2)C1. The van der Waals surface area contributed by atoms with Gasteiger partial charge in [0.25, 0.3) is 0 Å². The summed E-state index contributed by atoms with van der Waals surface area (Å²) in [6.45, 7) is 19.7. The molecule has 1 aromatic heterocycles. The molecule has 1 aromatic carbocycles. The van der Waals surface area contributed by atoms with Gasteiger partial charge in [-0.1, -0.05) is 18.2 Å². The van der Waals surface area contributed by atoms with Gasteiger partial charge in [-0.15, -0.1) is 0 Å². The average molecular weight is 608 g/mol. The van der Waals surface area contributed by atoms with Gasteiger partial charge in [-0.2, -0.15) is 5.10 Å². The maximum absolute atomic E-state index is 12.1. The van der Waals surface area contributed by atoms with E-state index in [1.54, 1.807) is 0 Å². The molecular weight excluding hydrogens is 562 g/mol. The molecule has 4 fully saturated rings. The van der Waals surface area contributed by atoms with E-state index in [2.05, 4.69) is 41.8 Å². The van der Waals surface area contributed by atoms with Crippen molar-refractivity contribution < 1.29 is 9.53 Å². The highest BCUT2D eigenvalue weighted by atomic mass is 35.5. The number of anilines is 2. The van der Waals surface area contributed by atoms with E-state index >= 15 is 0 Å². The Morgan fingerprint density at radius 1 is 1.19 bits per heavy atom. The predicted molar refractivity (Wildman–Crippen MR) is 173 cm³/mol.